The fourth-order valence-corrected chi connectivity index (χ4v) is 4.69. The Hall–Kier alpha value is -2.35. The first-order valence-electron chi connectivity index (χ1n) is 8.58. The van der Waals surface area contributed by atoms with Gasteiger partial charge in [0, 0.05) is 21.2 Å². The van der Waals surface area contributed by atoms with Gasteiger partial charge in [0.15, 0.2) is 0 Å². The third-order valence-electron chi connectivity index (χ3n) is 4.65. The molecule has 0 aromatic heterocycles. The highest BCUT2D eigenvalue weighted by Gasteiger charge is 2.29. The van der Waals surface area contributed by atoms with Crippen LogP contribution >= 0.6 is 15.9 Å². The third-order valence-corrected chi connectivity index (χ3v) is 6.05. The summed E-state index contributed by atoms with van der Waals surface area (Å²) in [6.07, 6.45) is -0.396. The molecular weight excluding hydrogens is 442 g/mol. The van der Waals surface area contributed by atoms with E-state index in [-0.39, 0.29) is 5.75 Å². The molecule has 3 aromatic rings. The van der Waals surface area contributed by atoms with Crippen molar-refractivity contribution in [3.8, 4) is 22.6 Å². The number of benzene rings is 3. The molecule has 0 bridgehead atoms. The van der Waals surface area contributed by atoms with Gasteiger partial charge in [-0.15, -0.1) is 0 Å². The van der Waals surface area contributed by atoms with Crippen molar-refractivity contribution in [2.24, 2.45) is 5.14 Å². The van der Waals surface area contributed by atoms with Gasteiger partial charge in [0.05, 0.1) is 12.9 Å². The van der Waals surface area contributed by atoms with E-state index in [9.17, 15) is 8.42 Å². The minimum atomic E-state index is -3.64. The largest absolute Gasteiger partial charge is 0.497 e. The Morgan fingerprint density at radius 3 is 2.64 bits per heavy atom. The summed E-state index contributed by atoms with van der Waals surface area (Å²) < 4.78 is 35.8. The molecule has 4 rings (SSSR count). The fraction of sp³-hybridized carbons (Fsp3) is 0.143. The van der Waals surface area contributed by atoms with Crippen molar-refractivity contribution < 1.29 is 17.9 Å². The number of methoxy groups -OCH3 is 1. The second-order valence-corrected chi connectivity index (χ2v) is 9.09. The van der Waals surface area contributed by atoms with Gasteiger partial charge in [0.2, 0.25) is 10.0 Å². The molecule has 0 aliphatic carbocycles. The highest BCUT2D eigenvalue weighted by atomic mass is 79.9. The van der Waals surface area contributed by atoms with Crippen LogP contribution in [-0.4, -0.2) is 15.5 Å². The van der Waals surface area contributed by atoms with Crippen LogP contribution in [0.1, 0.15) is 22.8 Å². The van der Waals surface area contributed by atoms with Gasteiger partial charge in [-0.05, 0) is 35.4 Å². The smallest absolute Gasteiger partial charge is 0.213 e. The molecule has 1 unspecified atom stereocenters. The average molecular weight is 460 g/mol. The molecule has 1 atom stereocenters. The van der Waals surface area contributed by atoms with Crippen LogP contribution in [0.2, 0.25) is 0 Å². The Morgan fingerprint density at radius 2 is 1.89 bits per heavy atom. The number of hydrogen-bond acceptors (Lipinski definition) is 4. The lowest BCUT2D eigenvalue weighted by atomic mass is 9.88. The van der Waals surface area contributed by atoms with Crippen molar-refractivity contribution in [2.75, 3.05) is 7.11 Å². The highest BCUT2D eigenvalue weighted by Crippen LogP contribution is 2.48. The molecule has 7 heteroatoms. The maximum Gasteiger partial charge on any atom is 0.213 e. The van der Waals surface area contributed by atoms with E-state index in [1.165, 1.54) is 0 Å². The number of ether oxygens (including phenoxy) is 2. The van der Waals surface area contributed by atoms with Crippen molar-refractivity contribution in [1.29, 1.82) is 0 Å². The first-order chi connectivity index (χ1) is 13.4. The van der Waals surface area contributed by atoms with Crippen LogP contribution in [0.25, 0.3) is 11.1 Å². The molecule has 1 aliphatic heterocycles. The number of nitrogens with two attached hydrogens (primary N) is 1. The Balaban J connectivity index is 1.91. The molecule has 0 saturated carbocycles. The molecule has 0 amide bonds. The fourth-order valence-electron chi connectivity index (χ4n) is 3.49. The number of halogens is 1. The van der Waals surface area contributed by atoms with E-state index in [0.29, 0.717) is 5.56 Å². The van der Waals surface area contributed by atoms with E-state index in [1.54, 1.807) is 13.2 Å². The van der Waals surface area contributed by atoms with Crippen molar-refractivity contribution >= 4 is 26.0 Å². The second-order valence-electron chi connectivity index (χ2n) is 6.62. The molecule has 0 saturated heterocycles. The van der Waals surface area contributed by atoms with E-state index < -0.39 is 16.1 Å². The minimum absolute atomic E-state index is 0.228. The summed E-state index contributed by atoms with van der Waals surface area (Å²) in [4.78, 5) is 0. The zero-order valence-electron chi connectivity index (χ0n) is 15.1. The lowest BCUT2D eigenvalue weighted by Gasteiger charge is -2.30. The molecule has 144 valence electrons. The van der Waals surface area contributed by atoms with Crippen molar-refractivity contribution in [3.05, 3.63) is 81.8 Å². The zero-order valence-corrected chi connectivity index (χ0v) is 17.5. The van der Waals surface area contributed by atoms with Gasteiger partial charge >= 0.3 is 0 Å². The standard InChI is InChI=1S/C21H18BrNO4S/c1-26-15-5-2-4-14(11-15)21-17-10-13(12-28(23,24)25)8-9-16(17)20-18(22)6-3-7-19(20)27-21/h2-11,21H,12H2,1H3,(H2,23,24,25). The van der Waals surface area contributed by atoms with E-state index in [4.69, 9.17) is 14.6 Å². The lowest BCUT2D eigenvalue weighted by molar-refractivity contribution is 0.242. The topological polar surface area (TPSA) is 78.6 Å². The van der Waals surface area contributed by atoms with Crippen molar-refractivity contribution in [2.45, 2.75) is 11.9 Å². The molecule has 0 fully saturated rings. The number of fused-ring (bicyclic) bond motifs is 3. The van der Waals surface area contributed by atoms with Crippen LogP contribution < -0.4 is 14.6 Å². The maximum absolute atomic E-state index is 11.6. The maximum atomic E-state index is 11.6. The van der Waals surface area contributed by atoms with Gasteiger partial charge in [-0.2, -0.15) is 0 Å². The number of rotatable bonds is 4. The van der Waals surface area contributed by atoms with Crippen LogP contribution in [0.5, 0.6) is 11.5 Å². The van der Waals surface area contributed by atoms with Crippen LogP contribution in [0.15, 0.2) is 65.1 Å². The van der Waals surface area contributed by atoms with Gasteiger partial charge < -0.3 is 9.47 Å². The first-order valence-corrected chi connectivity index (χ1v) is 11.1. The van der Waals surface area contributed by atoms with Gasteiger partial charge in [-0.1, -0.05) is 52.3 Å². The van der Waals surface area contributed by atoms with Gasteiger partial charge in [0.25, 0.3) is 0 Å². The molecule has 1 aliphatic rings. The highest BCUT2D eigenvalue weighted by molar-refractivity contribution is 9.10. The molecular formula is C21H18BrNO4S. The van der Waals surface area contributed by atoms with Crippen LogP contribution in [0, 0.1) is 0 Å². The summed E-state index contributed by atoms with van der Waals surface area (Å²) >= 11 is 3.60. The summed E-state index contributed by atoms with van der Waals surface area (Å²) in [7, 11) is -2.02. The predicted octanol–water partition coefficient (Wildman–Crippen LogP) is 4.40. The SMILES string of the molecule is COc1cccc(C2Oc3cccc(Br)c3-c3ccc(CS(N)(=O)=O)cc32)c1. The molecule has 0 spiro atoms. The molecule has 28 heavy (non-hydrogen) atoms. The van der Waals surface area contributed by atoms with Gasteiger partial charge in [0.1, 0.15) is 17.6 Å². The quantitative estimate of drug-likeness (QED) is 0.626. The lowest BCUT2D eigenvalue weighted by Crippen LogP contribution is -2.18. The van der Waals surface area contributed by atoms with Crippen molar-refractivity contribution in [3.63, 3.8) is 0 Å². The van der Waals surface area contributed by atoms with Gasteiger partial charge in [-0.3, -0.25) is 0 Å². The third kappa shape index (κ3) is 3.65. The Labute approximate surface area is 172 Å². The summed E-state index contributed by atoms with van der Waals surface area (Å²) in [6.45, 7) is 0. The Bertz CT molecular complexity index is 1160. The molecule has 2 N–H and O–H groups in total. The summed E-state index contributed by atoms with van der Waals surface area (Å²) in [5.74, 6) is 1.26. The molecule has 0 radical (unpaired) electrons. The number of hydrogen-bond donors (Lipinski definition) is 1. The molecule has 1 heterocycles. The van der Waals surface area contributed by atoms with E-state index in [0.717, 1.165) is 38.2 Å². The monoisotopic (exact) mass is 459 g/mol. The number of sulfonamides is 1. The van der Waals surface area contributed by atoms with Crippen LogP contribution in [-0.2, 0) is 15.8 Å². The molecule has 5 nitrogen and oxygen atoms in total. The zero-order chi connectivity index (χ0) is 19.9. The molecule has 3 aromatic carbocycles. The van der Waals surface area contributed by atoms with Crippen molar-refractivity contribution in [1.82, 2.24) is 0 Å². The van der Waals surface area contributed by atoms with E-state index in [1.807, 2.05) is 54.6 Å². The summed E-state index contributed by atoms with van der Waals surface area (Å²) in [6, 6.07) is 19.0. The predicted molar refractivity (Wildman–Crippen MR) is 112 cm³/mol. The van der Waals surface area contributed by atoms with E-state index >= 15 is 0 Å². The first kappa shape index (κ1) is 19.0. The second kappa shape index (κ2) is 7.24. The summed E-state index contributed by atoms with van der Waals surface area (Å²) in [5.41, 5.74) is 4.35. The van der Waals surface area contributed by atoms with Gasteiger partial charge in [-0.25, -0.2) is 13.6 Å². The normalized spacial score (nSPS) is 15.3. The Morgan fingerprint density at radius 1 is 1.11 bits per heavy atom. The summed E-state index contributed by atoms with van der Waals surface area (Å²) in [5, 5.41) is 5.24. The van der Waals surface area contributed by atoms with Crippen LogP contribution in [0.3, 0.4) is 0 Å². The number of primary sulfonamides is 1. The minimum Gasteiger partial charge on any atom is -0.497 e. The van der Waals surface area contributed by atoms with Crippen LogP contribution in [0.4, 0.5) is 0 Å². The average Bonchev–Trinajstić information content (AvgIpc) is 2.66. The Kier molecular flexibility index (Phi) is 4.91. The van der Waals surface area contributed by atoms with E-state index in [2.05, 4.69) is 15.9 Å².